The van der Waals surface area contributed by atoms with Gasteiger partial charge in [-0.2, -0.15) is 0 Å². The average Bonchev–Trinajstić information content (AvgIpc) is 2.29. The Bertz CT molecular complexity index is 382. The molecule has 16 heavy (non-hydrogen) atoms. The third-order valence-corrected chi connectivity index (χ3v) is 1.84. The summed E-state index contributed by atoms with van der Waals surface area (Å²) >= 11 is 0. The molecule has 0 amide bonds. The summed E-state index contributed by atoms with van der Waals surface area (Å²) in [5.74, 6) is -0.366. The molecule has 3 heteroatoms. The molecule has 0 aliphatic carbocycles. The SMILES string of the molecule is C=C(C)C(=O)OCCN=Cc1ccccc1. The summed E-state index contributed by atoms with van der Waals surface area (Å²) in [5, 5.41) is 0. The van der Waals surface area contributed by atoms with Crippen LogP contribution in [-0.4, -0.2) is 25.3 Å². The Kier molecular flexibility index (Phi) is 4.99. The second kappa shape index (κ2) is 6.56. The first-order chi connectivity index (χ1) is 7.70. The Labute approximate surface area is 95.5 Å². The van der Waals surface area contributed by atoms with Crippen molar-refractivity contribution < 1.29 is 9.53 Å². The van der Waals surface area contributed by atoms with Crippen LogP contribution in [0.3, 0.4) is 0 Å². The maximum absolute atomic E-state index is 11.0. The quantitative estimate of drug-likeness (QED) is 0.328. The number of benzene rings is 1. The molecule has 0 radical (unpaired) electrons. The van der Waals surface area contributed by atoms with Gasteiger partial charge in [-0.15, -0.1) is 0 Å². The first-order valence-corrected chi connectivity index (χ1v) is 5.07. The molecule has 0 atom stereocenters. The fourth-order valence-electron chi connectivity index (χ4n) is 1.02. The minimum atomic E-state index is -0.366. The predicted molar refractivity (Wildman–Crippen MR) is 64.7 cm³/mol. The number of aliphatic imine (C=N–C) groups is 1. The second-order valence-corrected chi connectivity index (χ2v) is 3.36. The van der Waals surface area contributed by atoms with Crippen molar-refractivity contribution in [1.29, 1.82) is 0 Å². The number of nitrogens with zero attached hydrogens (tertiary/aromatic N) is 1. The Balaban J connectivity index is 2.24. The molecule has 1 rings (SSSR count). The van der Waals surface area contributed by atoms with Gasteiger partial charge in [-0.1, -0.05) is 36.9 Å². The zero-order valence-corrected chi connectivity index (χ0v) is 9.35. The van der Waals surface area contributed by atoms with Gasteiger partial charge in [0.25, 0.3) is 0 Å². The molecule has 3 nitrogen and oxygen atoms in total. The molecular weight excluding hydrogens is 202 g/mol. The highest BCUT2D eigenvalue weighted by Crippen LogP contribution is 1.94. The molecule has 84 valence electrons. The van der Waals surface area contributed by atoms with Crippen molar-refractivity contribution in [3.05, 3.63) is 48.0 Å². The molecule has 1 aromatic carbocycles. The second-order valence-electron chi connectivity index (χ2n) is 3.36. The minimum absolute atomic E-state index is 0.287. The molecule has 0 unspecified atom stereocenters. The first kappa shape index (κ1) is 12.2. The van der Waals surface area contributed by atoms with Gasteiger partial charge < -0.3 is 4.74 Å². The summed E-state index contributed by atoms with van der Waals surface area (Å²) in [6, 6.07) is 9.77. The van der Waals surface area contributed by atoms with Crippen LogP contribution in [0.5, 0.6) is 0 Å². The number of hydrogen-bond acceptors (Lipinski definition) is 3. The van der Waals surface area contributed by atoms with Crippen molar-refractivity contribution in [2.75, 3.05) is 13.2 Å². The fraction of sp³-hybridized carbons (Fsp3) is 0.231. The lowest BCUT2D eigenvalue weighted by Gasteiger charge is -2.00. The molecule has 1 aromatic rings. The van der Waals surface area contributed by atoms with Crippen molar-refractivity contribution in [1.82, 2.24) is 0 Å². The van der Waals surface area contributed by atoms with E-state index in [-0.39, 0.29) is 12.6 Å². The molecule has 0 fully saturated rings. The number of rotatable bonds is 5. The van der Waals surface area contributed by atoms with Crippen LogP contribution in [-0.2, 0) is 9.53 Å². The van der Waals surface area contributed by atoms with Crippen LogP contribution in [0.2, 0.25) is 0 Å². The summed E-state index contributed by atoms with van der Waals surface area (Å²) in [5.41, 5.74) is 1.45. The number of carbonyl (C=O) groups is 1. The number of carbonyl (C=O) groups excluding carboxylic acids is 1. The Hall–Kier alpha value is -1.90. The van der Waals surface area contributed by atoms with Crippen LogP contribution in [0, 0.1) is 0 Å². The van der Waals surface area contributed by atoms with E-state index in [1.807, 2.05) is 30.3 Å². The van der Waals surface area contributed by atoms with Crippen molar-refractivity contribution in [3.63, 3.8) is 0 Å². The topological polar surface area (TPSA) is 38.7 Å². The van der Waals surface area contributed by atoms with E-state index >= 15 is 0 Å². The van der Waals surface area contributed by atoms with E-state index in [0.717, 1.165) is 5.56 Å². The molecule has 0 spiro atoms. The third kappa shape index (κ3) is 4.55. The normalized spacial score (nSPS) is 10.3. The molecule has 0 aliphatic heterocycles. The van der Waals surface area contributed by atoms with Gasteiger partial charge >= 0.3 is 5.97 Å². The lowest BCUT2D eigenvalue weighted by molar-refractivity contribution is -0.138. The van der Waals surface area contributed by atoms with E-state index in [1.165, 1.54) is 0 Å². The van der Waals surface area contributed by atoms with E-state index in [4.69, 9.17) is 4.74 Å². The van der Waals surface area contributed by atoms with Crippen LogP contribution in [0.1, 0.15) is 12.5 Å². The smallest absolute Gasteiger partial charge is 0.333 e. The van der Waals surface area contributed by atoms with Gasteiger partial charge in [-0.05, 0) is 12.5 Å². The summed E-state index contributed by atoms with van der Waals surface area (Å²) in [7, 11) is 0. The molecule has 0 heterocycles. The van der Waals surface area contributed by atoms with Crippen LogP contribution in [0.15, 0.2) is 47.5 Å². The van der Waals surface area contributed by atoms with E-state index < -0.39 is 0 Å². The van der Waals surface area contributed by atoms with Gasteiger partial charge in [0.05, 0.1) is 6.54 Å². The van der Waals surface area contributed by atoms with Crippen molar-refractivity contribution in [3.8, 4) is 0 Å². The van der Waals surface area contributed by atoms with Crippen LogP contribution in [0.4, 0.5) is 0 Å². The predicted octanol–water partition coefficient (Wildman–Crippen LogP) is 2.22. The van der Waals surface area contributed by atoms with Gasteiger partial charge in [-0.3, -0.25) is 4.99 Å². The molecule has 0 saturated heterocycles. The van der Waals surface area contributed by atoms with Gasteiger partial charge in [0.1, 0.15) is 6.61 Å². The molecule has 0 aliphatic rings. The zero-order chi connectivity index (χ0) is 11.8. The van der Waals surface area contributed by atoms with Crippen LogP contribution in [0.25, 0.3) is 0 Å². The zero-order valence-electron chi connectivity index (χ0n) is 9.35. The Morgan fingerprint density at radius 1 is 1.44 bits per heavy atom. The highest BCUT2D eigenvalue weighted by Gasteiger charge is 2.00. The maximum Gasteiger partial charge on any atom is 0.333 e. The molecule has 0 saturated carbocycles. The lowest BCUT2D eigenvalue weighted by Crippen LogP contribution is -2.08. The highest BCUT2D eigenvalue weighted by molar-refractivity contribution is 5.86. The first-order valence-electron chi connectivity index (χ1n) is 5.07. The molecule has 0 aromatic heterocycles. The highest BCUT2D eigenvalue weighted by atomic mass is 16.5. The van der Waals surface area contributed by atoms with Crippen LogP contribution >= 0.6 is 0 Å². The Morgan fingerprint density at radius 3 is 2.75 bits per heavy atom. The van der Waals surface area contributed by atoms with Crippen molar-refractivity contribution in [2.45, 2.75) is 6.92 Å². The number of esters is 1. The summed E-state index contributed by atoms with van der Waals surface area (Å²) < 4.78 is 4.89. The molecule has 0 bridgehead atoms. The summed E-state index contributed by atoms with van der Waals surface area (Å²) in [6.45, 7) is 5.86. The summed E-state index contributed by atoms with van der Waals surface area (Å²) in [6.07, 6.45) is 1.76. The average molecular weight is 217 g/mol. The standard InChI is InChI=1S/C13H15NO2/c1-11(2)13(15)16-9-8-14-10-12-6-4-3-5-7-12/h3-7,10H,1,8-9H2,2H3. The largest absolute Gasteiger partial charge is 0.460 e. The fourth-order valence-corrected chi connectivity index (χ4v) is 1.02. The number of ether oxygens (including phenoxy) is 1. The van der Waals surface area contributed by atoms with Crippen molar-refractivity contribution >= 4 is 12.2 Å². The number of hydrogen-bond donors (Lipinski definition) is 0. The van der Waals surface area contributed by atoms with Crippen LogP contribution < -0.4 is 0 Å². The van der Waals surface area contributed by atoms with E-state index in [1.54, 1.807) is 13.1 Å². The van der Waals surface area contributed by atoms with Gasteiger partial charge in [0, 0.05) is 11.8 Å². The van der Waals surface area contributed by atoms with E-state index in [2.05, 4.69) is 11.6 Å². The minimum Gasteiger partial charge on any atom is -0.460 e. The lowest BCUT2D eigenvalue weighted by atomic mass is 10.2. The van der Waals surface area contributed by atoms with Crippen molar-refractivity contribution in [2.24, 2.45) is 4.99 Å². The molecule has 0 N–H and O–H groups in total. The van der Waals surface area contributed by atoms with Gasteiger partial charge in [0.15, 0.2) is 0 Å². The van der Waals surface area contributed by atoms with E-state index in [9.17, 15) is 4.79 Å². The maximum atomic E-state index is 11.0. The molecular formula is C13H15NO2. The van der Waals surface area contributed by atoms with E-state index in [0.29, 0.717) is 12.1 Å². The third-order valence-electron chi connectivity index (χ3n) is 1.84. The van der Waals surface area contributed by atoms with Gasteiger partial charge in [-0.25, -0.2) is 4.79 Å². The monoisotopic (exact) mass is 217 g/mol. The summed E-state index contributed by atoms with van der Waals surface area (Å²) in [4.78, 5) is 15.1. The van der Waals surface area contributed by atoms with Gasteiger partial charge in [0.2, 0.25) is 0 Å². The Morgan fingerprint density at radius 2 is 2.12 bits per heavy atom.